The van der Waals surface area contributed by atoms with Crippen molar-refractivity contribution in [2.75, 3.05) is 12.0 Å². The Hall–Kier alpha value is -4.13. The Morgan fingerprint density at radius 1 is 1.03 bits per heavy atom. The number of methoxy groups -OCH3 is 1. The molecule has 7 heteroatoms. The second-order valence-corrected chi connectivity index (χ2v) is 9.80. The quantitative estimate of drug-likeness (QED) is 0.300. The Bertz CT molecular complexity index is 1410. The molecule has 196 valence electrons. The van der Waals surface area contributed by atoms with Gasteiger partial charge in [0.1, 0.15) is 17.6 Å². The van der Waals surface area contributed by atoms with E-state index in [1.165, 1.54) is 17.0 Å². The van der Waals surface area contributed by atoms with Gasteiger partial charge in [-0.2, -0.15) is 0 Å². The Labute approximate surface area is 221 Å². The molecule has 0 spiro atoms. The lowest BCUT2D eigenvalue weighted by atomic mass is 9.94. The van der Waals surface area contributed by atoms with Crippen LogP contribution in [0.4, 0.5) is 10.1 Å². The molecule has 6 nitrogen and oxygen atoms in total. The second-order valence-electron chi connectivity index (χ2n) is 9.80. The Morgan fingerprint density at radius 3 is 2.53 bits per heavy atom. The van der Waals surface area contributed by atoms with Gasteiger partial charge in [-0.1, -0.05) is 55.7 Å². The average molecular weight is 514 g/mol. The van der Waals surface area contributed by atoms with Gasteiger partial charge in [0.05, 0.1) is 13.5 Å². The summed E-state index contributed by atoms with van der Waals surface area (Å²) >= 11 is 0. The first-order valence-electron chi connectivity index (χ1n) is 13.1. The van der Waals surface area contributed by atoms with Gasteiger partial charge in [0.2, 0.25) is 11.8 Å². The van der Waals surface area contributed by atoms with Gasteiger partial charge in [-0.25, -0.2) is 4.39 Å². The van der Waals surface area contributed by atoms with Crippen LogP contribution in [0.5, 0.6) is 5.75 Å². The second kappa shape index (κ2) is 11.5. The minimum atomic E-state index is -0.984. The molecule has 2 amide bonds. The molecule has 4 aromatic rings. The Balaban J connectivity index is 1.56. The summed E-state index contributed by atoms with van der Waals surface area (Å²) in [4.78, 5) is 32.7. The van der Waals surface area contributed by atoms with Crippen molar-refractivity contribution in [1.82, 2.24) is 10.3 Å². The topological polar surface area (TPSA) is 74.4 Å². The highest BCUT2D eigenvalue weighted by Crippen LogP contribution is 2.32. The predicted molar refractivity (Wildman–Crippen MR) is 147 cm³/mol. The lowest BCUT2D eigenvalue weighted by Gasteiger charge is -2.33. The third kappa shape index (κ3) is 5.57. The van der Waals surface area contributed by atoms with Crippen LogP contribution in [0.2, 0.25) is 0 Å². The highest BCUT2D eigenvalue weighted by Gasteiger charge is 2.34. The molecule has 0 aliphatic heterocycles. The van der Waals surface area contributed by atoms with Crippen molar-refractivity contribution in [3.05, 3.63) is 95.9 Å². The molecule has 1 aliphatic rings. The van der Waals surface area contributed by atoms with Gasteiger partial charge in [0.25, 0.3) is 0 Å². The number of para-hydroxylation sites is 1. The summed E-state index contributed by atoms with van der Waals surface area (Å²) in [6, 6.07) is 19.8. The number of amides is 2. The van der Waals surface area contributed by atoms with Crippen molar-refractivity contribution in [3.63, 3.8) is 0 Å². The van der Waals surface area contributed by atoms with Gasteiger partial charge < -0.3 is 15.0 Å². The Morgan fingerprint density at radius 2 is 1.79 bits per heavy atom. The summed E-state index contributed by atoms with van der Waals surface area (Å²) in [5, 5.41) is 4.13. The molecular weight excluding hydrogens is 481 g/mol. The summed E-state index contributed by atoms with van der Waals surface area (Å²) in [6.07, 6.45) is 6.96. The maximum atomic E-state index is 14.5. The molecule has 1 heterocycles. The van der Waals surface area contributed by atoms with Gasteiger partial charge >= 0.3 is 0 Å². The van der Waals surface area contributed by atoms with Crippen LogP contribution < -0.4 is 15.0 Å². The minimum absolute atomic E-state index is 0.0455. The fraction of sp³-hybridized carbons (Fsp3) is 0.290. The standard InChI is InChI=1S/C31H32FN3O3/c1-38-26-16-14-21(15-17-26)30(31(37)34-24-9-3-2-4-10-24)35(25-11-7-8-23(32)19-25)29(36)18-22-20-33-28-13-6-5-12-27(22)28/h5-8,11-17,19-20,24,30,33H,2-4,9-10,18H2,1H3,(H,34,37)/t30-/m1/s1. The van der Waals surface area contributed by atoms with E-state index in [0.717, 1.165) is 48.6 Å². The molecular formula is C31H32FN3O3. The number of ether oxygens (including phenoxy) is 1. The van der Waals surface area contributed by atoms with Crippen LogP contribution in [-0.4, -0.2) is 29.9 Å². The van der Waals surface area contributed by atoms with Gasteiger partial charge in [-0.15, -0.1) is 0 Å². The number of carbonyl (C=O) groups is 2. The first-order chi connectivity index (χ1) is 18.5. The number of aromatic nitrogens is 1. The average Bonchev–Trinajstić information content (AvgIpc) is 3.34. The number of hydrogen-bond donors (Lipinski definition) is 2. The van der Waals surface area contributed by atoms with Crippen molar-refractivity contribution in [3.8, 4) is 5.75 Å². The van der Waals surface area contributed by atoms with Gasteiger partial charge in [-0.05, 0) is 60.4 Å². The molecule has 1 atom stereocenters. The molecule has 1 aromatic heterocycles. The number of fused-ring (bicyclic) bond motifs is 1. The lowest BCUT2D eigenvalue weighted by molar-refractivity contribution is -0.127. The molecule has 1 aliphatic carbocycles. The first kappa shape index (κ1) is 25.5. The summed E-state index contributed by atoms with van der Waals surface area (Å²) in [6.45, 7) is 0. The zero-order valence-electron chi connectivity index (χ0n) is 21.5. The van der Waals surface area contributed by atoms with E-state index in [1.807, 2.05) is 30.5 Å². The molecule has 2 N–H and O–H groups in total. The van der Waals surface area contributed by atoms with Crippen molar-refractivity contribution in [2.24, 2.45) is 0 Å². The minimum Gasteiger partial charge on any atom is -0.497 e. The molecule has 1 saturated carbocycles. The molecule has 5 rings (SSSR count). The number of hydrogen-bond acceptors (Lipinski definition) is 3. The SMILES string of the molecule is COc1ccc([C@H](C(=O)NC2CCCCC2)N(C(=O)Cc2c[nH]c3ccccc23)c2cccc(F)c2)cc1. The number of aromatic amines is 1. The van der Waals surface area contributed by atoms with Crippen LogP contribution in [-0.2, 0) is 16.0 Å². The van der Waals surface area contributed by atoms with E-state index in [2.05, 4.69) is 10.3 Å². The van der Waals surface area contributed by atoms with Crippen LogP contribution in [0.1, 0.15) is 49.3 Å². The highest BCUT2D eigenvalue weighted by molar-refractivity contribution is 6.03. The van der Waals surface area contributed by atoms with Crippen molar-refractivity contribution in [2.45, 2.75) is 50.6 Å². The third-order valence-electron chi connectivity index (χ3n) is 7.26. The molecule has 38 heavy (non-hydrogen) atoms. The third-order valence-corrected chi connectivity index (χ3v) is 7.26. The monoisotopic (exact) mass is 513 g/mol. The number of benzene rings is 3. The van der Waals surface area contributed by atoms with Gasteiger partial charge in [0.15, 0.2) is 0 Å². The van der Waals surface area contributed by atoms with E-state index in [4.69, 9.17) is 4.74 Å². The maximum Gasteiger partial charge on any atom is 0.248 e. The van der Waals surface area contributed by atoms with E-state index in [9.17, 15) is 14.0 Å². The van der Waals surface area contributed by atoms with E-state index in [1.54, 1.807) is 43.5 Å². The molecule has 0 radical (unpaired) electrons. The normalized spacial score (nSPS) is 14.7. The fourth-order valence-electron chi connectivity index (χ4n) is 5.32. The molecule has 0 saturated heterocycles. The van der Waals surface area contributed by atoms with E-state index in [0.29, 0.717) is 17.0 Å². The first-order valence-corrected chi connectivity index (χ1v) is 13.1. The molecule has 0 unspecified atom stereocenters. The number of carbonyl (C=O) groups excluding carboxylic acids is 2. The van der Waals surface area contributed by atoms with Gasteiger partial charge in [-0.3, -0.25) is 14.5 Å². The Kier molecular flexibility index (Phi) is 7.73. The van der Waals surface area contributed by atoms with Crippen LogP contribution in [0.25, 0.3) is 10.9 Å². The van der Waals surface area contributed by atoms with Crippen molar-refractivity contribution < 1.29 is 18.7 Å². The lowest BCUT2D eigenvalue weighted by Crippen LogP contribution is -2.47. The van der Waals surface area contributed by atoms with E-state index >= 15 is 0 Å². The predicted octanol–water partition coefficient (Wildman–Crippen LogP) is 6.08. The zero-order valence-corrected chi connectivity index (χ0v) is 21.5. The summed E-state index contributed by atoms with van der Waals surface area (Å²) < 4.78 is 19.8. The van der Waals surface area contributed by atoms with Crippen molar-refractivity contribution in [1.29, 1.82) is 0 Å². The van der Waals surface area contributed by atoms with Crippen LogP contribution in [0.3, 0.4) is 0 Å². The highest BCUT2D eigenvalue weighted by atomic mass is 19.1. The molecule has 1 fully saturated rings. The number of rotatable bonds is 8. The van der Waals surface area contributed by atoms with Gasteiger partial charge in [0, 0.05) is 28.8 Å². The van der Waals surface area contributed by atoms with E-state index < -0.39 is 11.9 Å². The number of nitrogens with zero attached hydrogens (tertiary/aromatic N) is 1. The van der Waals surface area contributed by atoms with Crippen LogP contribution >= 0.6 is 0 Å². The zero-order chi connectivity index (χ0) is 26.5. The molecule has 0 bridgehead atoms. The summed E-state index contributed by atoms with van der Waals surface area (Å²) in [5.41, 5.74) is 2.69. The number of anilines is 1. The molecule has 3 aromatic carbocycles. The maximum absolute atomic E-state index is 14.5. The number of halogens is 1. The van der Waals surface area contributed by atoms with Crippen molar-refractivity contribution >= 4 is 28.4 Å². The van der Waals surface area contributed by atoms with Crippen LogP contribution in [0.15, 0.2) is 79.0 Å². The largest absolute Gasteiger partial charge is 0.497 e. The summed E-state index contributed by atoms with van der Waals surface area (Å²) in [7, 11) is 1.58. The number of nitrogens with one attached hydrogen (secondary N) is 2. The number of H-pyrrole nitrogens is 1. The van der Waals surface area contributed by atoms with E-state index in [-0.39, 0.29) is 24.3 Å². The summed E-state index contributed by atoms with van der Waals surface area (Å²) in [5.74, 6) is -0.422. The van der Waals surface area contributed by atoms with Crippen LogP contribution in [0, 0.1) is 5.82 Å². The fourth-order valence-corrected chi connectivity index (χ4v) is 5.32. The smallest absolute Gasteiger partial charge is 0.248 e.